The summed E-state index contributed by atoms with van der Waals surface area (Å²) in [4.78, 5) is 8.77. The van der Waals surface area contributed by atoms with Crippen molar-refractivity contribution in [3.05, 3.63) is 54.4 Å². The average Bonchev–Trinajstić information content (AvgIpc) is 2.31. The summed E-state index contributed by atoms with van der Waals surface area (Å²) in [6, 6.07) is 9.81. The summed E-state index contributed by atoms with van der Waals surface area (Å²) in [5.74, 6) is 0. The third kappa shape index (κ3) is 1.94. The van der Waals surface area contributed by atoms with Crippen molar-refractivity contribution in [2.45, 2.75) is 6.92 Å². The van der Waals surface area contributed by atoms with E-state index in [-0.39, 0.29) is 0 Å². The summed E-state index contributed by atoms with van der Waals surface area (Å²) in [5.41, 5.74) is 3.83. The number of rotatable bonds is 2. The maximum atomic E-state index is 4.48. The lowest BCUT2D eigenvalue weighted by atomic mass is 10.1. The molecular formula is C13H12N2. The van der Waals surface area contributed by atoms with E-state index in [2.05, 4.69) is 16.5 Å². The van der Waals surface area contributed by atoms with Crippen LogP contribution < -0.4 is 0 Å². The van der Waals surface area contributed by atoms with Crippen molar-refractivity contribution in [3.63, 3.8) is 0 Å². The van der Waals surface area contributed by atoms with Crippen molar-refractivity contribution in [1.29, 1.82) is 0 Å². The van der Waals surface area contributed by atoms with Gasteiger partial charge in [-0.05, 0) is 36.8 Å². The van der Waals surface area contributed by atoms with E-state index in [0.717, 1.165) is 22.6 Å². The Morgan fingerprint density at radius 2 is 2.07 bits per heavy atom. The van der Waals surface area contributed by atoms with Crippen LogP contribution in [0.15, 0.2) is 43.1 Å². The van der Waals surface area contributed by atoms with E-state index in [0.29, 0.717) is 0 Å². The minimum atomic E-state index is 0.876. The van der Waals surface area contributed by atoms with Crippen molar-refractivity contribution in [1.82, 2.24) is 9.97 Å². The second-order valence-electron chi connectivity index (χ2n) is 3.32. The predicted octanol–water partition coefficient (Wildman–Crippen LogP) is 3.10. The molecule has 74 valence electrons. The monoisotopic (exact) mass is 196 g/mol. The van der Waals surface area contributed by atoms with E-state index < -0.39 is 0 Å². The summed E-state index contributed by atoms with van der Waals surface area (Å²) in [6.07, 6.45) is 3.52. The van der Waals surface area contributed by atoms with Crippen LogP contribution in [0, 0.1) is 6.92 Å². The van der Waals surface area contributed by atoms with E-state index in [1.807, 2.05) is 37.3 Å². The minimum absolute atomic E-state index is 0.876. The first kappa shape index (κ1) is 9.59. The lowest BCUT2D eigenvalue weighted by molar-refractivity contribution is 1.20. The van der Waals surface area contributed by atoms with Crippen molar-refractivity contribution in [3.8, 4) is 11.4 Å². The molecule has 0 fully saturated rings. The highest BCUT2D eigenvalue weighted by Crippen LogP contribution is 2.18. The Hall–Kier alpha value is -1.96. The zero-order valence-corrected chi connectivity index (χ0v) is 8.64. The van der Waals surface area contributed by atoms with Crippen molar-refractivity contribution < 1.29 is 0 Å². The standard InChI is InChI=1S/C13H12N2/c1-3-11-8-7-10(2)13(15-11)12-6-4-5-9-14-12/h3-9H,1H2,2H3. The van der Waals surface area contributed by atoms with Gasteiger partial charge in [-0.15, -0.1) is 0 Å². The van der Waals surface area contributed by atoms with Crippen LogP contribution in [-0.4, -0.2) is 9.97 Å². The zero-order chi connectivity index (χ0) is 10.7. The molecule has 0 aliphatic rings. The zero-order valence-electron chi connectivity index (χ0n) is 8.64. The van der Waals surface area contributed by atoms with Crippen LogP contribution in [0.4, 0.5) is 0 Å². The molecule has 0 aromatic carbocycles. The van der Waals surface area contributed by atoms with E-state index >= 15 is 0 Å². The molecule has 0 spiro atoms. The van der Waals surface area contributed by atoms with E-state index in [1.165, 1.54) is 0 Å². The molecule has 2 heteroatoms. The van der Waals surface area contributed by atoms with E-state index in [9.17, 15) is 0 Å². The fraction of sp³-hybridized carbons (Fsp3) is 0.0769. The Balaban J connectivity index is 2.57. The average molecular weight is 196 g/mol. The highest BCUT2D eigenvalue weighted by Gasteiger charge is 2.04. The van der Waals surface area contributed by atoms with Crippen LogP contribution in [0.2, 0.25) is 0 Å². The number of hydrogen-bond acceptors (Lipinski definition) is 2. The van der Waals surface area contributed by atoms with Crippen LogP contribution in [0.1, 0.15) is 11.3 Å². The lowest BCUT2D eigenvalue weighted by Gasteiger charge is -2.04. The van der Waals surface area contributed by atoms with Gasteiger partial charge >= 0.3 is 0 Å². The van der Waals surface area contributed by atoms with Crippen LogP contribution in [0.25, 0.3) is 17.5 Å². The molecule has 0 amide bonds. The second-order valence-corrected chi connectivity index (χ2v) is 3.32. The Kier molecular flexibility index (Phi) is 2.59. The van der Waals surface area contributed by atoms with Crippen LogP contribution in [0.5, 0.6) is 0 Å². The molecule has 0 bridgehead atoms. The smallest absolute Gasteiger partial charge is 0.0922 e. The van der Waals surface area contributed by atoms with Crippen molar-refractivity contribution in [2.75, 3.05) is 0 Å². The fourth-order valence-electron chi connectivity index (χ4n) is 1.42. The molecule has 0 unspecified atom stereocenters. The van der Waals surface area contributed by atoms with Gasteiger partial charge in [-0.3, -0.25) is 4.98 Å². The molecule has 0 saturated heterocycles. The molecule has 0 saturated carbocycles. The summed E-state index contributed by atoms with van der Waals surface area (Å²) < 4.78 is 0. The number of aryl methyl sites for hydroxylation is 1. The normalized spacial score (nSPS) is 9.93. The Bertz CT molecular complexity index is 475. The topological polar surface area (TPSA) is 25.8 Å². The largest absolute Gasteiger partial charge is 0.255 e. The Labute approximate surface area is 89.3 Å². The highest BCUT2D eigenvalue weighted by molar-refractivity contribution is 5.60. The molecule has 2 rings (SSSR count). The molecule has 15 heavy (non-hydrogen) atoms. The molecule has 2 heterocycles. The van der Waals surface area contributed by atoms with Crippen LogP contribution in [0.3, 0.4) is 0 Å². The highest BCUT2D eigenvalue weighted by atomic mass is 14.8. The van der Waals surface area contributed by atoms with E-state index in [4.69, 9.17) is 0 Å². The van der Waals surface area contributed by atoms with Gasteiger partial charge in [0.25, 0.3) is 0 Å². The molecule has 2 aromatic heterocycles. The van der Waals surface area contributed by atoms with Gasteiger partial charge in [-0.1, -0.05) is 18.7 Å². The molecule has 0 N–H and O–H groups in total. The molecule has 0 atom stereocenters. The Morgan fingerprint density at radius 1 is 1.20 bits per heavy atom. The Morgan fingerprint density at radius 3 is 2.73 bits per heavy atom. The van der Waals surface area contributed by atoms with Gasteiger partial charge in [-0.2, -0.15) is 0 Å². The summed E-state index contributed by atoms with van der Waals surface area (Å²) in [7, 11) is 0. The van der Waals surface area contributed by atoms with E-state index in [1.54, 1.807) is 12.3 Å². The van der Waals surface area contributed by atoms with Gasteiger partial charge < -0.3 is 0 Å². The number of pyridine rings is 2. The van der Waals surface area contributed by atoms with Crippen LogP contribution in [-0.2, 0) is 0 Å². The maximum Gasteiger partial charge on any atom is 0.0922 e. The molecule has 2 aromatic rings. The SMILES string of the molecule is C=Cc1ccc(C)c(-c2ccccn2)n1. The van der Waals surface area contributed by atoms with Gasteiger partial charge in [0.1, 0.15) is 0 Å². The third-order valence-electron chi connectivity index (χ3n) is 2.24. The number of nitrogens with zero attached hydrogens (tertiary/aromatic N) is 2. The predicted molar refractivity (Wildman–Crippen MR) is 62.3 cm³/mol. The molecule has 2 nitrogen and oxygen atoms in total. The van der Waals surface area contributed by atoms with Gasteiger partial charge in [0.15, 0.2) is 0 Å². The minimum Gasteiger partial charge on any atom is -0.255 e. The van der Waals surface area contributed by atoms with Crippen molar-refractivity contribution in [2.24, 2.45) is 0 Å². The molecule has 0 radical (unpaired) electrons. The molecule has 0 aliphatic carbocycles. The molecule has 0 aliphatic heterocycles. The summed E-state index contributed by atoms with van der Waals surface area (Å²) in [6.45, 7) is 5.74. The quantitative estimate of drug-likeness (QED) is 0.737. The van der Waals surface area contributed by atoms with Gasteiger partial charge in [-0.25, -0.2) is 4.98 Å². The number of hydrogen-bond donors (Lipinski definition) is 0. The first-order chi connectivity index (χ1) is 7.31. The van der Waals surface area contributed by atoms with Gasteiger partial charge in [0.05, 0.1) is 17.1 Å². The first-order valence-corrected chi connectivity index (χ1v) is 4.83. The van der Waals surface area contributed by atoms with Crippen LogP contribution >= 0.6 is 0 Å². The second kappa shape index (κ2) is 4.05. The third-order valence-corrected chi connectivity index (χ3v) is 2.24. The van der Waals surface area contributed by atoms with Gasteiger partial charge in [0.2, 0.25) is 0 Å². The van der Waals surface area contributed by atoms with Crippen molar-refractivity contribution >= 4 is 6.08 Å². The summed E-state index contributed by atoms with van der Waals surface area (Å²) >= 11 is 0. The fourth-order valence-corrected chi connectivity index (χ4v) is 1.42. The summed E-state index contributed by atoms with van der Waals surface area (Å²) in [5, 5.41) is 0. The first-order valence-electron chi connectivity index (χ1n) is 4.83. The molecular weight excluding hydrogens is 184 g/mol. The van der Waals surface area contributed by atoms with Gasteiger partial charge in [0, 0.05) is 6.20 Å². The number of aromatic nitrogens is 2. The lowest BCUT2D eigenvalue weighted by Crippen LogP contribution is -1.92. The maximum absolute atomic E-state index is 4.48.